The molecule has 0 N–H and O–H groups in total. The molecule has 0 amide bonds. The van der Waals surface area contributed by atoms with E-state index in [1.165, 1.54) is 50.1 Å². The predicted molar refractivity (Wildman–Crippen MR) is 189 cm³/mol. The minimum Gasteiger partial charge on any atom is -0.321 e. The summed E-state index contributed by atoms with van der Waals surface area (Å²) in [5.41, 5.74) is 13.7. The Kier molecular flexibility index (Phi) is 5.98. The molecular formula is C43H33N3. The first kappa shape index (κ1) is 26.8. The molecule has 0 saturated carbocycles. The van der Waals surface area contributed by atoms with Gasteiger partial charge in [-0.2, -0.15) is 0 Å². The Morgan fingerprint density at radius 1 is 0.500 bits per heavy atom. The third-order valence-corrected chi connectivity index (χ3v) is 9.89. The average Bonchev–Trinajstić information content (AvgIpc) is 3.81. The number of fused-ring (bicyclic) bond motifs is 4. The van der Waals surface area contributed by atoms with E-state index in [2.05, 4.69) is 164 Å². The molecule has 2 heterocycles. The van der Waals surface area contributed by atoms with Gasteiger partial charge in [-0.15, -0.1) is 0 Å². The van der Waals surface area contributed by atoms with Crippen molar-refractivity contribution in [3.8, 4) is 33.4 Å². The first-order valence-electron chi connectivity index (χ1n) is 16.1. The summed E-state index contributed by atoms with van der Waals surface area (Å²) >= 11 is 0. The molecule has 6 aromatic carbocycles. The molecule has 3 nitrogen and oxygen atoms in total. The van der Waals surface area contributed by atoms with E-state index in [-0.39, 0.29) is 17.6 Å². The van der Waals surface area contributed by atoms with Crippen LogP contribution in [0.2, 0.25) is 0 Å². The molecule has 0 aromatic heterocycles. The maximum absolute atomic E-state index is 5.18. The van der Waals surface area contributed by atoms with Crippen LogP contribution in [0, 0.1) is 0 Å². The van der Waals surface area contributed by atoms with E-state index >= 15 is 0 Å². The normalized spacial score (nSPS) is 18.6. The maximum atomic E-state index is 5.18. The highest BCUT2D eigenvalue weighted by Gasteiger charge is 2.53. The van der Waals surface area contributed by atoms with Crippen molar-refractivity contribution < 1.29 is 0 Å². The van der Waals surface area contributed by atoms with E-state index in [4.69, 9.17) is 9.98 Å². The van der Waals surface area contributed by atoms with Gasteiger partial charge in [-0.3, -0.25) is 0 Å². The summed E-state index contributed by atoms with van der Waals surface area (Å²) in [5.74, 6) is 1.77. The average molecular weight is 592 g/mol. The van der Waals surface area contributed by atoms with Crippen LogP contribution in [0.4, 0.5) is 0 Å². The van der Waals surface area contributed by atoms with Crippen LogP contribution in [0.25, 0.3) is 33.4 Å². The summed E-state index contributed by atoms with van der Waals surface area (Å²) in [6.45, 7) is 4.68. The summed E-state index contributed by atoms with van der Waals surface area (Å²) in [5, 5.41) is 0. The van der Waals surface area contributed by atoms with Crippen molar-refractivity contribution in [2.75, 3.05) is 0 Å². The lowest BCUT2D eigenvalue weighted by Crippen LogP contribution is -2.22. The Bertz CT molecular complexity index is 2190. The van der Waals surface area contributed by atoms with Gasteiger partial charge in [0.05, 0.1) is 6.04 Å². The Morgan fingerprint density at radius 2 is 1.07 bits per heavy atom. The van der Waals surface area contributed by atoms with Crippen molar-refractivity contribution in [1.82, 2.24) is 4.90 Å². The lowest BCUT2D eigenvalue weighted by atomic mass is 9.81. The van der Waals surface area contributed by atoms with Crippen molar-refractivity contribution >= 4 is 11.7 Å². The zero-order chi connectivity index (χ0) is 30.8. The molecule has 0 spiro atoms. The predicted octanol–water partition coefficient (Wildman–Crippen LogP) is 9.92. The molecule has 3 heteroatoms. The SMILES string of the molecule is CC1(C)c2ccccc2-c2ccc(-c3cccc(-c4cccc(C5=NC(c6ccccc6)=NC6C(c7ccccc7)N56)c4)c3)cc21. The van der Waals surface area contributed by atoms with Crippen LogP contribution in [0.3, 0.4) is 0 Å². The molecule has 0 radical (unpaired) electrons. The highest BCUT2D eigenvalue weighted by Crippen LogP contribution is 2.50. The second-order valence-corrected chi connectivity index (χ2v) is 13.0. The van der Waals surface area contributed by atoms with Gasteiger partial charge >= 0.3 is 0 Å². The molecule has 1 fully saturated rings. The Labute approximate surface area is 270 Å². The molecule has 1 saturated heterocycles. The minimum absolute atomic E-state index is 0.0237. The van der Waals surface area contributed by atoms with E-state index < -0.39 is 0 Å². The third kappa shape index (κ3) is 4.27. The zero-order valence-corrected chi connectivity index (χ0v) is 25.9. The van der Waals surface area contributed by atoms with Crippen LogP contribution >= 0.6 is 0 Å². The van der Waals surface area contributed by atoms with Gasteiger partial charge in [-0.1, -0.05) is 147 Å². The summed E-state index contributed by atoms with van der Waals surface area (Å²) in [4.78, 5) is 12.6. The van der Waals surface area contributed by atoms with Crippen molar-refractivity contribution in [1.29, 1.82) is 0 Å². The van der Waals surface area contributed by atoms with Crippen LogP contribution < -0.4 is 0 Å². The third-order valence-electron chi connectivity index (χ3n) is 9.89. The number of rotatable bonds is 5. The lowest BCUT2D eigenvalue weighted by Gasteiger charge is -2.22. The van der Waals surface area contributed by atoms with Gasteiger partial charge in [-0.05, 0) is 68.3 Å². The van der Waals surface area contributed by atoms with Crippen LogP contribution in [-0.4, -0.2) is 22.7 Å². The molecular weight excluding hydrogens is 558 g/mol. The van der Waals surface area contributed by atoms with E-state index in [0.29, 0.717) is 0 Å². The molecule has 2 unspecified atom stereocenters. The van der Waals surface area contributed by atoms with E-state index in [1.807, 2.05) is 6.07 Å². The maximum Gasteiger partial charge on any atom is 0.159 e. The van der Waals surface area contributed by atoms with Gasteiger partial charge in [0.2, 0.25) is 0 Å². The van der Waals surface area contributed by atoms with Crippen molar-refractivity contribution in [2.45, 2.75) is 31.5 Å². The fourth-order valence-electron chi connectivity index (χ4n) is 7.44. The first-order valence-corrected chi connectivity index (χ1v) is 16.1. The standard InChI is InChI=1S/C43H33N3/c1-43(2)37-22-10-9-21-35(37)36-24-23-33(27-38(36)43)31-18-11-17-30(25-31)32-19-12-20-34(26-32)41-44-40(29-15-7-4-8-16-29)45-42-39(46(41)42)28-13-5-3-6-14-28/h3-27,39,42H,1-2H3. The number of hydrogen-bond donors (Lipinski definition) is 0. The highest BCUT2D eigenvalue weighted by molar-refractivity contribution is 6.14. The van der Waals surface area contributed by atoms with Gasteiger partial charge in [0.15, 0.2) is 5.84 Å². The lowest BCUT2D eigenvalue weighted by molar-refractivity contribution is 0.660. The van der Waals surface area contributed by atoms with E-state index in [9.17, 15) is 0 Å². The molecule has 0 bridgehead atoms. The summed E-state index contributed by atoms with van der Waals surface area (Å²) in [7, 11) is 0. The molecule has 46 heavy (non-hydrogen) atoms. The Morgan fingerprint density at radius 3 is 1.80 bits per heavy atom. The van der Waals surface area contributed by atoms with Gasteiger partial charge < -0.3 is 4.90 Å². The molecule has 220 valence electrons. The topological polar surface area (TPSA) is 27.7 Å². The smallest absolute Gasteiger partial charge is 0.159 e. The largest absolute Gasteiger partial charge is 0.321 e. The van der Waals surface area contributed by atoms with Crippen molar-refractivity contribution in [3.05, 3.63) is 179 Å². The summed E-state index contributed by atoms with van der Waals surface area (Å²) in [6.07, 6.45) is 0.0484. The quantitative estimate of drug-likeness (QED) is 0.183. The molecule has 6 aromatic rings. The zero-order valence-electron chi connectivity index (χ0n) is 25.9. The highest BCUT2D eigenvalue weighted by atomic mass is 15.5. The van der Waals surface area contributed by atoms with Gasteiger partial charge in [-0.25, -0.2) is 9.98 Å². The Balaban J connectivity index is 1.08. The number of hydrogen-bond acceptors (Lipinski definition) is 3. The van der Waals surface area contributed by atoms with E-state index in [0.717, 1.165) is 22.8 Å². The van der Waals surface area contributed by atoms with Crippen molar-refractivity contribution in [3.63, 3.8) is 0 Å². The van der Waals surface area contributed by atoms with Gasteiger partial charge in [0.25, 0.3) is 0 Å². The second-order valence-electron chi connectivity index (χ2n) is 13.0. The van der Waals surface area contributed by atoms with Crippen LogP contribution in [-0.2, 0) is 5.41 Å². The van der Waals surface area contributed by atoms with Crippen LogP contribution in [0.1, 0.15) is 47.7 Å². The molecule has 1 aliphatic carbocycles. The molecule has 2 aliphatic heterocycles. The second kappa shape index (κ2) is 10.3. The molecule has 3 aliphatic rings. The number of nitrogens with zero attached hydrogens (tertiary/aromatic N) is 3. The molecule has 9 rings (SSSR count). The van der Waals surface area contributed by atoms with Gasteiger partial charge in [0, 0.05) is 16.5 Å². The minimum atomic E-state index is -0.0237. The fraction of sp³-hybridized carbons (Fsp3) is 0.116. The van der Waals surface area contributed by atoms with Crippen LogP contribution in [0.5, 0.6) is 0 Å². The number of amidine groups is 2. The monoisotopic (exact) mass is 591 g/mol. The Hall–Kier alpha value is -5.54. The fourth-order valence-corrected chi connectivity index (χ4v) is 7.44. The molecule has 2 atom stereocenters. The van der Waals surface area contributed by atoms with Crippen LogP contribution in [0.15, 0.2) is 162 Å². The van der Waals surface area contributed by atoms with Crippen molar-refractivity contribution in [2.24, 2.45) is 9.98 Å². The van der Waals surface area contributed by atoms with Gasteiger partial charge in [0.1, 0.15) is 12.0 Å². The first-order chi connectivity index (χ1) is 22.6. The summed E-state index contributed by atoms with van der Waals surface area (Å²) in [6, 6.07) is 54.7. The number of aliphatic imine (C=N–C) groups is 2. The summed E-state index contributed by atoms with van der Waals surface area (Å²) < 4.78 is 0. The number of benzene rings is 6. The van der Waals surface area contributed by atoms with E-state index in [1.54, 1.807) is 0 Å².